The van der Waals surface area contributed by atoms with Crippen molar-refractivity contribution in [3.05, 3.63) is 69.4 Å². The van der Waals surface area contributed by atoms with Gasteiger partial charge in [0.25, 0.3) is 17.5 Å². The number of benzene rings is 2. The van der Waals surface area contributed by atoms with Gasteiger partial charge in [-0.2, -0.15) is 0 Å². The van der Waals surface area contributed by atoms with Crippen LogP contribution in [0.25, 0.3) is 10.9 Å². The monoisotopic (exact) mass is 398 g/mol. The average Bonchev–Trinajstić information content (AvgIpc) is 3.13. The van der Waals surface area contributed by atoms with Crippen molar-refractivity contribution in [2.45, 2.75) is 6.42 Å². The minimum absolute atomic E-state index is 0.00394. The Morgan fingerprint density at radius 2 is 2.00 bits per heavy atom. The first-order chi connectivity index (χ1) is 13.9. The second-order valence-corrected chi connectivity index (χ2v) is 6.22. The summed E-state index contributed by atoms with van der Waals surface area (Å²) in [5.74, 6) is -0.777. The van der Waals surface area contributed by atoms with E-state index in [1.807, 2.05) is 0 Å². The van der Waals surface area contributed by atoms with Gasteiger partial charge in [0.15, 0.2) is 0 Å². The van der Waals surface area contributed by atoms with Crippen molar-refractivity contribution in [2.24, 2.45) is 0 Å². The molecule has 3 aromatic rings. The fraction of sp³-hybridized carbons (Fsp3) is 0.158. The van der Waals surface area contributed by atoms with Crippen molar-refractivity contribution in [3.63, 3.8) is 0 Å². The van der Waals surface area contributed by atoms with Crippen LogP contribution in [0.5, 0.6) is 5.75 Å². The third-order valence-corrected chi connectivity index (χ3v) is 4.43. The lowest BCUT2D eigenvalue weighted by Crippen LogP contribution is -2.35. The molecule has 0 unspecified atom stereocenters. The van der Waals surface area contributed by atoms with E-state index in [0.717, 1.165) is 22.0 Å². The van der Waals surface area contributed by atoms with E-state index in [4.69, 9.17) is 9.94 Å². The highest BCUT2D eigenvalue weighted by Crippen LogP contribution is 2.29. The van der Waals surface area contributed by atoms with E-state index in [9.17, 15) is 19.7 Å². The van der Waals surface area contributed by atoms with Crippen molar-refractivity contribution in [1.82, 2.24) is 15.8 Å². The van der Waals surface area contributed by atoms with Crippen molar-refractivity contribution in [2.75, 3.05) is 13.7 Å². The molecular formula is C19H18N4O6. The van der Waals surface area contributed by atoms with Crippen molar-refractivity contribution in [3.8, 4) is 5.75 Å². The number of rotatable bonds is 7. The molecule has 0 aliphatic rings. The van der Waals surface area contributed by atoms with Gasteiger partial charge in [0.2, 0.25) is 0 Å². The molecule has 0 saturated carbocycles. The topological polar surface area (TPSA) is 147 Å². The zero-order chi connectivity index (χ0) is 21.0. The van der Waals surface area contributed by atoms with E-state index in [2.05, 4.69) is 10.3 Å². The van der Waals surface area contributed by atoms with Gasteiger partial charge in [-0.15, -0.1) is 0 Å². The molecule has 0 aliphatic heterocycles. The molecule has 10 heteroatoms. The van der Waals surface area contributed by atoms with Crippen LogP contribution < -0.4 is 15.5 Å². The van der Waals surface area contributed by atoms with Gasteiger partial charge in [-0.1, -0.05) is 6.07 Å². The summed E-state index contributed by atoms with van der Waals surface area (Å²) in [4.78, 5) is 36.9. The predicted molar refractivity (Wildman–Crippen MR) is 103 cm³/mol. The Morgan fingerprint density at radius 1 is 1.21 bits per heavy atom. The number of nitrogens with one attached hydrogen (secondary N) is 3. The summed E-state index contributed by atoms with van der Waals surface area (Å²) in [5.41, 5.74) is 4.13. The average molecular weight is 398 g/mol. The number of non-ortho nitro benzene ring substituents is 1. The van der Waals surface area contributed by atoms with Crippen molar-refractivity contribution < 1.29 is 24.5 Å². The molecule has 0 aliphatic carbocycles. The Bertz CT molecular complexity index is 1090. The van der Waals surface area contributed by atoms with E-state index in [0.29, 0.717) is 12.2 Å². The Kier molecular flexibility index (Phi) is 5.74. The lowest BCUT2D eigenvalue weighted by Gasteiger charge is -2.11. The highest BCUT2D eigenvalue weighted by Gasteiger charge is 2.15. The Labute approximate surface area is 164 Å². The number of methoxy groups -OCH3 is 1. The van der Waals surface area contributed by atoms with Crippen LogP contribution in [0.15, 0.2) is 42.6 Å². The number of carbonyl (C=O) groups excluding carboxylic acids is 2. The number of aromatic amines is 1. The Hall–Kier alpha value is -3.92. The molecule has 2 aromatic carbocycles. The smallest absolute Gasteiger partial charge is 0.270 e. The molecule has 1 aromatic heterocycles. The first kappa shape index (κ1) is 19.8. The number of nitro groups is 1. The fourth-order valence-corrected chi connectivity index (χ4v) is 2.97. The molecule has 0 bridgehead atoms. The minimum atomic E-state index is -0.740. The van der Waals surface area contributed by atoms with Gasteiger partial charge < -0.3 is 15.0 Å². The Morgan fingerprint density at radius 3 is 2.69 bits per heavy atom. The maximum Gasteiger partial charge on any atom is 0.270 e. The SMILES string of the molecule is COc1cc(C(=O)NCC(=O)NO)ccc1Cc1c[nH]c2ccc([N+](=O)[O-])cc12. The number of hydrogen-bond acceptors (Lipinski definition) is 6. The largest absolute Gasteiger partial charge is 0.496 e. The zero-order valence-corrected chi connectivity index (χ0v) is 15.4. The second kappa shape index (κ2) is 8.40. The molecule has 29 heavy (non-hydrogen) atoms. The number of H-pyrrole nitrogens is 1. The van der Waals surface area contributed by atoms with E-state index in [1.165, 1.54) is 24.7 Å². The first-order valence-corrected chi connectivity index (χ1v) is 8.55. The standard InChI is InChI=1S/C19H18N4O6/c1-29-17-7-12(19(25)21-10-18(24)22-26)3-2-11(17)6-13-9-20-16-5-4-14(23(27)28)8-15(13)16/h2-5,7-9,20,26H,6,10H2,1H3,(H,21,25)(H,22,24). The number of aromatic nitrogens is 1. The van der Waals surface area contributed by atoms with Crippen LogP contribution in [0.3, 0.4) is 0 Å². The van der Waals surface area contributed by atoms with Gasteiger partial charge in [-0.25, -0.2) is 5.48 Å². The van der Waals surface area contributed by atoms with Crippen LogP contribution >= 0.6 is 0 Å². The number of fused-ring (bicyclic) bond motifs is 1. The Balaban J connectivity index is 1.85. The highest BCUT2D eigenvalue weighted by atomic mass is 16.6. The molecule has 4 N–H and O–H groups in total. The van der Waals surface area contributed by atoms with E-state index < -0.39 is 16.7 Å². The summed E-state index contributed by atoms with van der Waals surface area (Å²) in [6.45, 7) is -0.368. The van der Waals surface area contributed by atoms with E-state index >= 15 is 0 Å². The molecule has 0 spiro atoms. The van der Waals surface area contributed by atoms with Crippen LogP contribution in [-0.4, -0.2) is 40.6 Å². The van der Waals surface area contributed by atoms with Crippen LogP contribution in [0.2, 0.25) is 0 Å². The molecule has 0 saturated heterocycles. The number of nitro benzene ring substituents is 1. The quantitative estimate of drug-likeness (QED) is 0.272. The fourth-order valence-electron chi connectivity index (χ4n) is 2.97. The molecule has 0 atom stereocenters. The van der Waals surface area contributed by atoms with Crippen LogP contribution in [-0.2, 0) is 11.2 Å². The number of carbonyl (C=O) groups is 2. The summed E-state index contributed by atoms with van der Waals surface area (Å²) in [7, 11) is 1.47. The van der Waals surface area contributed by atoms with Gasteiger partial charge in [-0.3, -0.25) is 24.9 Å². The summed E-state index contributed by atoms with van der Waals surface area (Å²) in [6.07, 6.45) is 2.21. The molecular weight excluding hydrogens is 380 g/mol. The van der Waals surface area contributed by atoms with Crippen LogP contribution in [0, 0.1) is 10.1 Å². The minimum Gasteiger partial charge on any atom is -0.496 e. The zero-order valence-electron chi connectivity index (χ0n) is 15.4. The van der Waals surface area contributed by atoms with Crippen molar-refractivity contribution >= 4 is 28.4 Å². The van der Waals surface area contributed by atoms with Gasteiger partial charge in [-0.05, 0) is 29.3 Å². The highest BCUT2D eigenvalue weighted by molar-refractivity contribution is 5.96. The number of hydrogen-bond donors (Lipinski definition) is 4. The van der Waals surface area contributed by atoms with Crippen LogP contribution in [0.4, 0.5) is 5.69 Å². The number of amides is 2. The lowest BCUT2D eigenvalue weighted by molar-refractivity contribution is -0.384. The number of ether oxygens (including phenoxy) is 1. The second-order valence-electron chi connectivity index (χ2n) is 6.22. The van der Waals surface area contributed by atoms with Gasteiger partial charge in [0.05, 0.1) is 18.6 Å². The van der Waals surface area contributed by atoms with Crippen molar-refractivity contribution in [1.29, 1.82) is 0 Å². The number of nitrogens with zero attached hydrogens (tertiary/aromatic N) is 1. The summed E-state index contributed by atoms with van der Waals surface area (Å²) >= 11 is 0. The normalized spacial score (nSPS) is 10.6. The maximum atomic E-state index is 12.1. The summed E-state index contributed by atoms with van der Waals surface area (Å²) in [6, 6.07) is 9.45. The third-order valence-electron chi connectivity index (χ3n) is 4.43. The summed E-state index contributed by atoms with van der Waals surface area (Å²) < 4.78 is 5.39. The van der Waals surface area contributed by atoms with Gasteiger partial charge >= 0.3 is 0 Å². The molecule has 2 amide bonds. The van der Waals surface area contributed by atoms with Gasteiger partial charge in [0, 0.05) is 41.2 Å². The lowest BCUT2D eigenvalue weighted by atomic mass is 10.0. The summed E-state index contributed by atoms with van der Waals surface area (Å²) in [5, 5.41) is 22.6. The van der Waals surface area contributed by atoms with Crippen LogP contribution in [0.1, 0.15) is 21.5 Å². The molecule has 3 rings (SSSR count). The molecule has 10 nitrogen and oxygen atoms in total. The van der Waals surface area contributed by atoms with E-state index in [1.54, 1.807) is 30.5 Å². The predicted octanol–water partition coefficient (Wildman–Crippen LogP) is 1.91. The van der Waals surface area contributed by atoms with Gasteiger partial charge in [0.1, 0.15) is 5.75 Å². The molecule has 150 valence electrons. The first-order valence-electron chi connectivity index (χ1n) is 8.55. The molecule has 0 radical (unpaired) electrons. The van der Waals surface area contributed by atoms with E-state index in [-0.39, 0.29) is 17.8 Å². The molecule has 0 fully saturated rings. The maximum absolute atomic E-state index is 12.1. The molecule has 1 heterocycles. The third kappa shape index (κ3) is 4.33. The number of hydroxylamine groups is 1.